The van der Waals surface area contributed by atoms with Gasteiger partial charge in [0.15, 0.2) is 11.5 Å². The van der Waals surface area contributed by atoms with Crippen molar-refractivity contribution in [2.75, 3.05) is 0 Å². The fraction of sp³-hybridized carbons (Fsp3) is 0. The zero-order valence-corrected chi connectivity index (χ0v) is 35.0. The van der Waals surface area contributed by atoms with Crippen molar-refractivity contribution in [3.8, 4) is 45.1 Å². The molecule has 0 aliphatic heterocycles. The van der Waals surface area contributed by atoms with Crippen molar-refractivity contribution in [1.29, 1.82) is 0 Å². The molecule has 5 heterocycles. The van der Waals surface area contributed by atoms with Gasteiger partial charge >= 0.3 is 0 Å². The Morgan fingerprint density at radius 3 is 1.45 bits per heavy atom. The Hall–Kier alpha value is -8.87. The lowest BCUT2D eigenvalue weighted by molar-refractivity contribution is 1.18. The molecule has 0 bridgehead atoms. The van der Waals surface area contributed by atoms with E-state index >= 15 is 0 Å². The molecule has 0 radical (unpaired) electrons. The average Bonchev–Trinajstić information content (AvgIpc) is 4.05. The van der Waals surface area contributed by atoms with E-state index in [2.05, 4.69) is 208 Å². The molecule has 14 aromatic rings. The highest BCUT2D eigenvalue weighted by Crippen LogP contribution is 2.41. The second kappa shape index (κ2) is 13.8. The first kappa shape index (κ1) is 35.7. The van der Waals surface area contributed by atoms with Gasteiger partial charge < -0.3 is 9.13 Å². The molecular weight excluding hydrogens is 793 g/mol. The van der Waals surface area contributed by atoms with Gasteiger partial charge in [0, 0.05) is 54.8 Å². The van der Waals surface area contributed by atoms with Gasteiger partial charge in [-0.25, -0.2) is 15.0 Å². The predicted octanol–water partition coefficient (Wildman–Crippen LogP) is 14.8. The fourth-order valence-corrected chi connectivity index (χ4v) is 10.3. The SMILES string of the molecule is c1ccc(-c2nc(-c3ccccc3)c3c(n2)nc2c4ccccc4c4ccc(-n5c6ccccc6c6cc(-c7ccc8c(c7)c7ccccc7n8-c7ccccc7)ccc65)cc4n23)cc1. The van der Waals surface area contributed by atoms with Gasteiger partial charge in [0.05, 0.1) is 27.6 Å². The molecule has 5 aromatic heterocycles. The Kier molecular flexibility index (Phi) is 7.59. The lowest BCUT2D eigenvalue weighted by atomic mass is 10.0. The Labute approximate surface area is 372 Å². The molecular formula is C59H36N6. The summed E-state index contributed by atoms with van der Waals surface area (Å²) in [4.78, 5) is 15.8. The highest BCUT2D eigenvalue weighted by atomic mass is 15.1. The summed E-state index contributed by atoms with van der Waals surface area (Å²) in [7, 11) is 0. The molecule has 14 rings (SSSR count). The highest BCUT2D eigenvalue weighted by molar-refractivity contribution is 6.16. The number of hydrogen-bond acceptors (Lipinski definition) is 3. The van der Waals surface area contributed by atoms with Crippen molar-refractivity contribution >= 4 is 82.1 Å². The lowest BCUT2D eigenvalue weighted by Gasteiger charge is -2.14. The Bertz CT molecular complexity index is 4220. The monoisotopic (exact) mass is 828 g/mol. The molecule has 0 fully saturated rings. The first-order chi connectivity index (χ1) is 32.2. The van der Waals surface area contributed by atoms with E-state index in [0.29, 0.717) is 11.5 Å². The Morgan fingerprint density at radius 1 is 0.292 bits per heavy atom. The largest absolute Gasteiger partial charge is 0.309 e. The summed E-state index contributed by atoms with van der Waals surface area (Å²) in [5.74, 6) is 0.651. The third kappa shape index (κ3) is 5.31. The molecule has 0 aliphatic rings. The maximum absolute atomic E-state index is 5.35. The van der Waals surface area contributed by atoms with Crippen LogP contribution in [0.15, 0.2) is 218 Å². The fourth-order valence-electron chi connectivity index (χ4n) is 10.3. The van der Waals surface area contributed by atoms with Crippen LogP contribution in [0.3, 0.4) is 0 Å². The molecule has 0 atom stereocenters. The normalized spacial score (nSPS) is 12.0. The molecule has 0 N–H and O–H groups in total. The van der Waals surface area contributed by atoms with Crippen LogP contribution in [0.1, 0.15) is 0 Å². The minimum atomic E-state index is 0.651. The van der Waals surface area contributed by atoms with Crippen molar-refractivity contribution in [2.24, 2.45) is 0 Å². The van der Waals surface area contributed by atoms with E-state index in [1.807, 2.05) is 24.3 Å². The molecule has 0 spiro atoms. The summed E-state index contributed by atoms with van der Waals surface area (Å²) in [6, 6.07) is 78.0. The van der Waals surface area contributed by atoms with E-state index in [-0.39, 0.29) is 0 Å². The van der Waals surface area contributed by atoms with E-state index in [0.717, 1.165) is 72.1 Å². The molecule has 6 nitrogen and oxygen atoms in total. The van der Waals surface area contributed by atoms with Gasteiger partial charge in [-0.05, 0) is 77.2 Å². The first-order valence-electron chi connectivity index (χ1n) is 22.0. The standard InChI is InChI=1S/C59H36N6/c1-4-16-37(17-5-1)55-56-58(61-57(60-55)38-18-6-2-7-19-38)62-59-47-25-11-10-22-43(47)46-31-30-42(36-54(46)65(56)59)64-51-27-15-13-24-45(51)49-35-40(29-33-53(49)64)39-28-32-52-48(34-39)44-23-12-14-26-50(44)63(52)41-20-8-3-9-21-41/h1-36H. The average molecular weight is 829 g/mol. The van der Waals surface area contributed by atoms with Gasteiger partial charge in [-0.1, -0.05) is 158 Å². The first-order valence-corrected chi connectivity index (χ1v) is 22.0. The summed E-state index contributed by atoms with van der Waals surface area (Å²) >= 11 is 0. The quantitative estimate of drug-likeness (QED) is 0.162. The number of benzene rings is 9. The summed E-state index contributed by atoms with van der Waals surface area (Å²) in [5.41, 5.74) is 15.5. The van der Waals surface area contributed by atoms with Gasteiger partial charge in [-0.15, -0.1) is 0 Å². The van der Waals surface area contributed by atoms with Gasteiger partial charge in [-0.2, -0.15) is 0 Å². The van der Waals surface area contributed by atoms with Crippen molar-refractivity contribution in [1.82, 2.24) is 28.5 Å². The molecule has 0 aliphatic carbocycles. The van der Waals surface area contributed by atoms with E-state index in [9.17, 15) is 0 Å². The van der Waals surface area contributed by atoms with Crippen LogP contribution in [0.4, 0.5) is 0 Å². The minimum absolute atomic E-state index is 0.651. The number of rotatable bonds is 5. The van der Waals surface area contributed by atoms with E-state index < -0.39 is 0 Å². The van der Waals surface area contributed by atoms with Crippen LogP contribution in [0.2, 0.25) is 0 Å². The Balaban J connectivity index is 1.000. The smallest absolute Gasteiger partial charge is 0.183 e. The van der Waals surface area contributed by atoms with Crippen molar-refractivity contribution < 1.29 is 0 Å². The molecule has 0 saturated heterocycles. The summed E-state index contributed by atoms with van der Waals surface area (Å²) in [6.45, 7) is 0. The molecule has 0 unspecified atom stereocenters. The Morgan fingerprint density at radius 2 is 0.800 bits per heavy atom. The zero-order chi connectivity index (χ0) is 42.6. The van der Waals surface area contributed by atoms with Crippen LogP contribution >= 0.6 is 0 Å². The maximum atomic E-state index is 5.35. The van der Waals surface area contributed by atoms with Crippen LogP contribution in [0.25, 0.3) is 127 Å². The zero-order valence-electron chi connectivity index (χ0n) is 35.0. The minimum Gasteiger partial charge on any atom is -0.309 e. The topological polar surface area (TPSA) is 52.9 Å². The van der Waals surface area contributed by atoms with Gasteiger partial charge in [0.1, 0.15) is 16.9 Å². The number of aromatic nitrogens is 6. The van der Waals surface area contributed by atoms with Crippen molar-refractivity contribution in [3.05, 3.63) is 218 Å². The maximum Gasteiger partial charge on any atom is 0.183 e. The molecule has 65 heavy (non-hydrogen) atoms. The summed E-state index contributed by atoms with van der Waals surface area (Å²) in [5, 5.41) is 8.24. The van der Waals surface area contributed by atoms with Crippen molar-refractivity contribution in [3.63, 3.8) is 0 Å². The van der Waals surface area contributed by atoms with Gasteiger partial charge in [0.2, 0.25) is 0 Å². The molecule has 302 valence electrons. The summed E-state index contributed by atoms with van der Waals surface area (Å²) < 4.78 is 7.08. The van der Waals surface area contributed by atoms with Gasteiger partial charge in [-0.3, -0.25) is 4.40 Å². The van der Waals surface area contributed by atoms with Crippen molar-refractivity contribution in [2.45, 2.75) is 0 Å². The predicted molar refractivity (Wildman–Crippen MR) is 268 cm³/mol. The number of imidazole rings is 1. The van der Waals surface area contributed by atoms with Crippen LogP contribution in [0.5, 0.6) is 0 Å². The second-order valence-electron chi connectivity index (χ2n) is 16.8. The van der Waals surface area contributed by atoms with Crippen LogP contribution < -0.4 is 0 Å². The highest BCUT2D eigenvalue weighted by Gasteiger charge is 2.22. The molecule has 6 heteroatoms. The molecule has 0 amide bonds. The number of hydrogen-bond donors (Lipinski definition) is 0. The van der Waals surface area contributed by atoms with Crippen LogP contribution in [0, 0.1) is 0 Å². The number of para-hydroxylation sites is 3. The number of pyridine rings is 1. The van der Waals surface area contributed by atoms with Crippen LogP contribution in [-0.4, -0.2) is 28.5 Å². The summed E-state index contributed by atoms with van der Waals surface area (Å²) in [6.07, 6.45) is 0. The second-order valence-corrected chi connectivity index (χ2v) is 16.8. The van der Waals surface area contributed by atoms with E-state index in [1.54, 1.807) is 0 Å². The van der Waals surface area contributed by atoms with E-state index in [4.69, 9.17) is 15.0 Å². The third-order valence-corrected chi connectivity index (χ3v) is 13.2. The number of nitrogens with zero attached hydrogens (tertiary/aromatic N) is 6. The number of fused-ring (bicyclic) bond motifs is 14. The van der Waals surface area contributed by atoms with Gasteiger partial charge in [0.25, 0.3) is 0 Å². The lowest BCUT2D eigenvalue weighted by Crippen LogP contribution is -1.99. The molecule has 0 saturated carbocycles. The van der Waals surface area contributed by atoms with E-state index in [1.165, 1.54) is 43.7 Å². The third-order valence-electron chi connectivity index (χ3n) is 13.2. The molecule has 9 aromatic carbocycles. The van der Waals surface area contributed by atoms with Crippen LogP contribution in [-0.2, 0) is 0 Å².